The molecule has 0 radical (unpaired) electrons. The van der Waals surface area contributed by atoms with Crippen molar-refractivity contribution < 1.29 is 27.2 Å². The van der Waals surface area contributed by atoms with Crippen LogP contribution in [0.2, 0.25) is 0 Å². The van der Waals surface area contributed by atoms with Crippen molar-refractivity contribution in [1.82, 2.24) is 9.80 Å². The third kappa shape index (κ3) is 4.22. The van der Waals surface area contributed by atoms with Gasteiger partial charge in [-0.15, -0.1) is 0 Å². The van der Waals surface area contributed by atoms with E-state index in [1.165, 1.54) is 12.1 Å². The van der Waals surface area contributed by atoms with E-state index in [-0.39, 0.29) is 17.4 Å². The predicted octanol–water partition coefficient (Wildman–Crippen LogP) is 5.61. The number of nitrogens with zero attached hydrogens (tertiary/aromatic N) is 2. The molecule has 0 unspecified atom stereocenters. The Labute approximate surface area is 194 Å². The first-order valence-corrected chi connectivity index (χ1v) is 11.2. The fourth-order valence-corrected chi connectivity index (χ4v) is 5.00. The smallest absolute Gasteiger partial charge is 0.416 e. The first kappa shape index (κ1) is 22.3. The average Bonchev–Trinajstić information content (AvgIpc) is 3.46. The molecule has 1 spiro atoms. The van der Waals surface area contributed by atoms with Crippen LogP contribution in [0.3, 0.4) is 0 Å². The maximum atomic E-state index is 13.1. The molecule has 5 rings (SSSR count). The van der Waals surface area contributed by atoms with Crippen LogP contribution in [-0.4, -0.2) is 47.9 Å². The van der Waals surface area contributed by atoms with Crippen molar-refractivity contribution in [1.29, 1.82) is 0 Å². The zero-order valence-electron chi connectivity index (χ0n) is 18.4. The molecule has 2 aliphatic rings. The molecule has 2 saturated heterocycles. The fourth-order valence-electron chi connectivity index (χ4n) is 5.00. The highest BCUT2D eigenvalue weighted by atomic mass is 19.4. The Balaban J connectivity index is 1.18. The fraction of sp³-hybridized carbons (Fsp3) is 0.360. The van der Waals surface area contributed by atoms with Gasteiger partial charge in [-0.2, -0.15) is 13.2 Å². The van der Waals surface area contributed by atoms with Crippen molar-refractivity contribution in [2.24, 2.45) is 5.41 Å². The number of benzene rings is 2. The van der Waals surface area contributed by atoms with Gasteiger partial charge in [-0.3, -0.25) is 4.79 Å². The first-order chi connectivity index (χ1) is 16.2. The van der Waals surface area contributed by atoms with Crippen molar-refractivity contribution in [3.8, 4) is 0 Å². The van der Waals surface area contributed by atoms with Crippen LogP contribution in [0.4, 0.5) is 23.7 Å². The van der Waals surface area contributed by atoms with Gasteiger partial charge in [-0.1, -0.05) is 6.07 Å². The summed E-state index contributed by atoms with van der Waals surface area (Å²) in [6, 6.07) is 11.4. The summed E-state index contributed by atoms with van der Waals surface area (Å²) in [6.07, 6.45) is -0.401. The Hall–Kier alpha value is -3.49. The summed E-state index contributed by atoms with van der Waals surface area (Å²) in [5.41, 5.74) is 0.843. The molecule has 2 aliphatic heterocycles. The van der Waals surface area contributed by atoms with Gasteiger partial charge in [0.15, 0.2) is 0 Å². The van der Waals surface area contributed by atoms with Gasteiger partial charge in [-0.05, 0) is 67.1 Å². The number of carbonyl (C=O) groups excluding carboxylic acids is 2. The third-order valence-electron chi connectivity index (χ3n) is 7.03. The van der Waals surface area contributed by atoms with Crippen LogP contribution in [0.1, 0.15) is 35.2 Å². The molecule has 2 fully saturated rings. The van der Waals surface area contributed by atoms with Crippen LogP contribution in [0.5, 0.6) is 0 Å². The molecule has 2 aromatic carbocycles. The van der Waals surface area contributed by atoms with E-state index in [9.17, 15) is 22.8 Å². The van der Waals surface area contributed by atoms with E-state index in [2.05, 4.69) is 5.32 Å². The number of furan rings is 1. The first-order valence-electron chi connectivity index (χ1n) is 11.2. The lowest BCUT2D eigenvalue weighted by Gasteiger charge is -2.39. The van der Waals surface area contributed by atoms with E-state index >= 15 is 0 Å². The van der Waals surface area contributed by atoms with E-state index < -0.39 is 11.7 Å². The van der Waals surface area contributed by atoms with Crippen molar-refractivity contribution >= 4 is 28.6 Å². The molecule has 0 bridgehead atoms. The summed E-state index contributed by atoms with van der Waals surface area (Å²) in [5, 5.41) is 3.50. The van der Waals surface area contributed by atoms with Crippen molar-refractivity contribution in [3.05, 3.63) is 65.9 Å². The van der Waals surface area contributed by atoms with Crippen LogP contribution >= 0.6 is 0 Å². The molecule has 178 valence electrons. The second-order valence-electron chi connectivity index (χ2n) is 9.11. The van der Waals surface area contributed by atoms with Gasteiger partial charge in [0.25, 0.3) is 5.91 Å². The van der Waals surface area contributed by atoms with Gasteiger partial charge in [-0.25, -0.2) is 4.79 Å². The lowest BCUT2D eigenvalue weighted by molar-refractivity contribution is -0.137. The molecule has 6 nitrogen and oxygen atoms in total. The minimum absolute atomic E-state index is 0.0169. The molecule has 3 aromatic rings. The number of urea groups is 1. The maximum absolute atomic E-state index is 13.1. The third-order valence-corrected chi connectivity index (χ3v) is 7.03. The van der Waals surface area contributed by atoms with Gasteiger partial charge in [0.05, 0.1) is 17.4 Å². The highest BCUT2D eigenvalue weighted by molar-refractivity contribution is 6.05. The zero-order valence-corrected chi connectivity index (χ0v) is 18.4. The van der Waals surface area contributed by atoms with Gasteiger partial charge in [0.1, 0.15) is 5.58 Å². The number of amides is 3. The Kier molecular flexibility index (Phi) is 5.50. The van der Waals surface area contributed by atoms with E-state index in [1.54, 1.807) is 17.2 Å². The number of alkyl halides is 3. The van der Waals surface area contributed by atoms with Gasteiger partial charge in [0, 0.05) is 37.3 Å². The number of likely N-dealkylation sites (tertiary alicyclic amines) is 2. The standard InChI is InChI=1S/C25H24F3N3O3/c26-25(27,28)17-4-6-18(7-5-17)29-23(33)31-14-11-24(16-31)9-12-30(13-10-24)22(32)20-2-1-3-21-19(20)8-15-34-21/h1-8,15H,9-14,16H2,(H,29,33). The van der Waals surface area contributed by atoms with E-state index in [1.807, 2.05) is 23.1 Å². The van der Waals surface area contributed by atoms with Gasteiger partial charge in [0.2, 0.25) is 0 Å². The molecule has 0 saturated carbocycles. The normalized spacial score (nSPS) is 18.0. The van der Waals surface area contributed by atoms with Crippen molar-refractivity contribution in [3.63, 3.8) is 0 Å². The largest absolute Gasteiger partial charge is 0.464 e. The number of halogens is 3. The Bertz CT molecular complexity index is 1210. The summed E-state index contributed by atoms with van der Waals surface area (Å²) in [7, 11) is 0. The summed E-state index contributed by atoms with van der Waals surface area (Å²) in [4.78, 5) is 29.4. The van der Waals surface area contributed by atoms with Gasteiger partial charge < -0.3 is 19.5 Å². The number of hydrogen-bond acceptors (Lipinski definition) is 3. The number of rotatable bonds is 2. The Morgan fingerprint density at radius 3 is 2.26 bits per heavy atom. The molecule has 0 atom stereocenters. The number of nitrogens with one attached hydrogen (secondary N) is 1. The second-order valence-corrected chi connectivity index (χ2v) is 9.11. The summed E-state index contributed by atoms with van der Waals surface area (Å²) >= 11 is 0. The highest BCUT2D eigenvalue weighted by Crippen LogP contribution is 2.41. The SMILES string of the molecule is O=C(Nc1ccc(C(F)(F)F)cc1)N1CCC2(CCN(C(=O)c3cccc4occc34)CC2)C1. The van der Waals surface area contributed by atoms with Crippen LogP contribution in [0.25, 0.3) is 11.0 Å². The van der Waals surface area contributed by atoms with Crippen LogP contribution in [0.15, 0.2) is 59.2 Å². The van der Waals surface area contributed by atoms with Crippen molar-refractivity contribution in [2.75, 3.05) is 31.5 Å². The molecule has 3 amide bonds. The molecule has 0 aliphatic carbocycles. The summed E-state index contributed by atoms with van der Waals surface area (Å²) in [5.74, 6) is -0.0169. The number of carbonyl (C=O) groups is 2. The molecule has 3 heterocycles. The zero-order chi connectivity index (χ0) is 23.9. The van der Waals surface area contributed by atoms with Crippen LogP contribution < -0.4 is 5.32 Å². The summed E-state index contributed by atoms with van der Waals surface area (Å²) in [6.45, 7) is 2.37. The quantitative estimate of drug-likeness (QED) is 0.528. The topological polar surface area (TPSA) is 65.8 Å². The number of anilines is 1. The lowest BCUT2D eigenvalue weighted by atomic mass is 9.77. The Morgan fingerprint density at radius 2 is 1.59 bits per heavy atom. The number of fused-ring (bicyclic) bond motifs is 1. The molecule has 1 aromatic heterocycles. The highest BCUT2D eigenvalue weighted by Gasteiger charge is 2.43. The molecular formula is C25H24F3N3O3. The maximum Gasteiger partial charge on any atom is 0.416 e. The van der Waals surface area contributed by atoms with Crippen LogP contribution in [-0.2, 0) is 6.18 Å². The molecule has 34 heavy (non-hydrogen) atoms. The number of piperidine rings is 1. The second kappa shape index (κ2) is 8.38. The minimum atomic E-state index is -4.41. The Morgan fingerprint density at radius 1 is 0.912 bits per heavy atom. The van der Waals surface area contributed by atoms with Gasteiger partial charge >= 0.3 is 12.2 Å². The van der Waals surface area contributed by atoms with E-state index in [0.717, 1.165) is 36.8 Å². The minimum Gasteiger partial charge on any atom is -0.464 e. The van der Waals surface area contributed by atoms with Crippen LogP contribution in [0, 0.1) is 5.41 Å². The van der Waals surface area contributed by atoms with Crippen molar-refractivity contribution in [2.45, 2.75) is 25.4 Å². The molecule has 1 N–H and O–H groups in total. The monoisotopic (exact) mass is 471 g/mol. The molecular weight excluding hydrogens is 447 g/mol. The predicted molar refractivity (Wildman–Crippen MR) is 120 cm³/mol. The van der Waals surface area contributed by atoms with E-state index in [0.29, 0.717) is 43.0 Å². The molecule has 9 heteroatoms. The average molecular weight is 471 g/mol. The van der Waals surface area contributed by atoms with E-state index in [4.69, 9.17) is 4.42 Å². The number of hydrogen-bond donors (Lipinski definition) is 1. The lowest BCUT2D eigenvalue weighted by Crippen LogP contribution is -2.45. The summed E-state index contributed by atoms with van der Waals surface area (Å²) < 4.78 is 43.6.